The lowest BCUT2D eigenvalue weighted by atomic mass is 10.2. The highest BCUT2D eigenvalue weighted by atomic mass is 35.5. The number of oxime groups is 1. The Morgan fingerprint density at radius 1 is 0.974 bits per heavy atom. The topological polar surface area (TPSA) is 153 Å². The lowest BCUT2D eigenvalue weighted by molar-refractivity contribution is -0.118. The molecule has 17 heteroatoms. The van der Waals surface area contributed by atoms with Gasteiger partial charge in [0.25, 0.3) is 10.3 Å². The van der Waals surface area contributed by atoms with Crippen LogP contribution < -0.4 is 5.32 Å². The third-order valence-corrected chi connectivity index (χ3v) is 9.47. The van der Waals surface area contributed by atoms with Crippen molar-refractivity contribution < 1.29 is 46.8 Å². The van der Waals surface area contributed by atoms with Crippen LogP contribution in [0.15, 0.2) is 10.5 Å². The lowest BCUT2D eigenvalue weighted by Gasteiger charge is -2.40. The zero-order valence-electron chi connectivity index (χ0n) is 23.3. The summed E-state index contributed by atoms with van der Waals surface area (Å²) >= 11 is 6.58. The molecule has 1 aromatic heterocycles. The molecule has 1 N–H and O–H groups in total. The van der Waals surface area contributed by atoms with Crippen molar-refractivity contribution in [2.45, 2.75) is 65.6 Å². The van der Waals surface area contributed by atoms with Crippen molar-refractivity contribution in [1.82, 2.24) is 4.98 Å². The van der Waals surface area contributed by atoms with Gasteiger partial charge in [-0.05, 0) is 60.1 Å². The SMILES string of the molecule is CCOP(OCC)C(CC(=O)Nc1nc(/C(=N/OC)C(=O)Cl)cs1)(OC(=O)OC(C)(C)C)P(OCC)OCC. The Balaban J connectivity index is 3.52. The highest BCUT2D eigenvalue weighted by Gasteiger charge is 2.57. The van der Waals surface area contributed by atoms with Crippen molar-refractivity contribution in [3.8, 4) is 0 Å². The standard InChI is InChI=1S/C22H36ClN3O10P2S/c1-9-31-37(32-10-2)22(38(33-11-3)34-12-4,36-20(29)35-21(5,6)7)13-16(27)25-19-24-15(14-39-19)17(18(23)28)26-30-8/h14H,9-13H2,1-8H3,(H,24,25,27)/b26-17-. The molecule has 0 radical (unpaired) electrons. The van der Waals surface area contributed by atoms with Crippen molar-refractivity contribution in [2.24, 2.45) is 5.16 Å². The van der Waals surface area contributed by atoms with Crippen LogP contribution in [0.5, 0.6) is 0 Å². The molecule has 0 bridgehead atoms. The van der Waals surface area contributed by atoms with Crippen LogP contribution in [0.25, 0.3) is 0 Å². The summed E-state index contributed by atoms with van der Waals surface area (Å²) in [6.45, 7) is 12.8. The minimum Gasteiger partial charge on any atom is -0.429 e. The van der Waals surface area contributed by atoms with Crippen LogP contribution in [0.2, 0.25) is 0 Å². The van der Waals surface area contributed by atoms with Crippen LogP contribution in [0.3, 0.4) is 0 Å². The summed E-state index contributed by atoms with van der Waals surface area (Å²) in [7, 11) is -2.93. The number of aromatic nitrogens is 1. The van der Waals surface area contributed by atoms with Crippen molar-refractivity contribution in [3.05, 3.63) is 11.1 Å². The summed E-state index contributed by atoms with van der Waals surface area (Å²) in [6, 6.07) is 0. The largest absolute Gasteiger partial charge is 0.510 e. The fourth-order valence-corrected chi connectivity index (χ4v) is 7.55. The van der Waals surface area contributed by atoms with Gasteiger partial charge in [-0.2, -0.15) is 0 Å². The van der Waals surface area contributed by atoms with E-state index in [4.69, 9.17) is 39.2 Å². The maximum absolute atomic E-state index is 13.4. The molecule has 0 fully saturated rings. The van der Waals surface area contributed by atoms with Crippen LogP contribution in [0.1, 0.15) is 60.6 Å². The second-order valence-electron chi connectivity index (χ2n) is 8.15. The highest BCUT2D eigenvalue weighted by molar-refractivity contribution is 7.67. The summed E-state index contributed by atoms with van der Waals surface area (Å²) in [6.07, 6.45) is -1.53. The fourth-order valence-electron chi connectivity index (χ4n) is 2.74. The first-order valence-electron chi connectivity index (χ1n) is 12.0. The van der Waals surface area contributed by atoms with Crippen LogP contribution in [0, 0.1) is 0 Å². The van der Waals surface area contributed by atoms with Crippen molar-refractivity contribution in [2.75, 3.05) is 38.9 Å². The second kappa shape index (κ2) is 17.3. The van der Waals surface area contributed by atoms with E-state index in [0.29, 0.717) is 0 Å². The van der Waals surface area contributed by atoms with Gasteiger partial charge in [0, 0.05) is 5.38 Å². The number of halogens is 1. The van der Waals surface area contributed by atoms with Crippen LogP contribution in [-0.2, 0) is 42.0 Å². The molecule has 0 aromatic carbocycles. The first kappa shape index (κ1) is 35.5. The number of carbonyl (C=O) groups excluding carboxylic acids is 3. The average Bonchev–Trinajstić information content (AvgIpc) is 3.28. The number of ether oxygens (including phenoxy) is 2. The zero-order chi connectivity index (χ0) is 29.6. The third kappa shape index (κ3) is 11.5. The van der Waals surface area contributed by atoms with E-state index in [1.165, 1.54) is 12.5 Å². The Kier molecular flexibility index (Phi) is 15.8. The van der Waals surface area contributed by atoms with Crippen molar-refractivity contribution in [3.63, 3.8) is 0 Å². The van der Waals surface area contributed by atoms with E-state index in [2.05, 4.69) is 20.3 Å². The Morgan fingerprint density at radius 3 is 1.90 bits per heavy atom. The molecular weight excluding hydrogens is 596 g/mol. The number of hydrogen-bond acceptors (Lipinski definition) is 13. The number of hydrogen-bond donors (Lipinski definition) is 1. The molecule has 0 aliphatic carbocycles. The quantitative estimate of drug-likeness (QED) is 0.0712. The van der Waals surface area contributed by atoms with Gasteiger partial charge in [0.2, 0.25) is 22.7 Å². The number of amides is 1. The summed E-state index contributed by atoms with van der Waals surface area (Å²) in [5, 5.41) is 5.10. The van der Waals surface area contributed by atoms with Gasteiger partial charge in [-0.1, -0.05) is 5.16 Å². The van der Waals surface area contributed by atoms with Gasteiger partial charge in [0.15, 0.2) is 10.8 Å². The molecule has 1 amide bonds. The monoisotopic (exact) mass is 631 g/mol. The minimum absolute atomic E-state index is 0.102. The molecule has 222 valence electrons. The molecule has 0 saturated heterocycles. The maximum atomic E-state index is 13.4. The minimum atomic E-state index is -2.09. The Bertz CT molecular complexity index is 948. The third-order valence-electron chi connectivity index (χ3n) is 3.95. The smallest absolute Gasteiger partial charge is 0.429 e. The molecular formula is C22H36ClN3O10P2S. The first-order valence-corrected chi connectivity index (χ1v) is 15.6. The number of carbonyl (C=O) groups is 3. The number of anilines is 1. The molecule has 13 nitrogen and oxygen atoms in total. The zero-order valence-corrected chi connectivity index (χ0v) is 26.6. The van der Waals surface area contributed by atoms with E-state index >= 15 is 0 Å². The highest BCUT2D eigenvalue weighted by Crippen LogP contribution is 2.71. The van der Waals surface area contributed by atoms with Gasteiger partial charge >= 0.3 is 6.16 Å². The lowest BCUT2D eigenvalue weighted by Crippen LogP contribution is -2.40. The van der Waals surface area contributed by atoms with E-state index in [-0.39, 0.29) is 43.0 Å². The molecule has 0 aliphatic rings. The molecule has 0 unspecified atom stereocenters. The first-order chi connectivity index (χ1) is 18.4. The molecule has 1 aromatic rings. The van der Waals surface area contributed by atoms with Gasteiger partial charge < -0.3 is 37.7 Å². The summed E-state index contributed by atoms with van der Waals surface area (Å²) in [5.41, 5.74) is -1.01. The summed E-state index contributed by atoms with van der Waals surface area (Å²) in [5.74, 6) is -0.624. The van der Waals surface area contributed by atoms with Gasteiger partial charge in [0.1, 0.15) is 18.4 Å². The molecule has 0 aliphatic heterocycles. The maximum Gasteiger partial charge on any atom is 0.510 e. The molecule has 1 heterocycles. The van der Waals surface area contributed by atoms with Crippen LogP contribution >= 0.6 is 39.7 Å². The molecule has 1 rings (SSSR count). The Morgan fingerprint density at radius 2 is 1.49 bits per heavy atom. The number of nitrogens with zero attached hydrogens (tertiary/aromatic N) is 2. The predicted molar refractivity (Wildman–Crippen MR) is 150 cm³/mol. The van der Waals surface area contributed by atoms with Gasteiger partial charge in [-0.15, -0.1) is 11.3 Å². The van der Waals surface area contributed by atoms with Crippen molar-refractivity contribution >= 4 is 67.8 Å². The van der Waals surface area contributed by atoms with Crippen molar-refractivity contribution in [1.29, 1.82) is 0 Å². The predicted octanol–water partition coefficient (Wildman–Crippen LogP) is 5.96. The van der Waals surface area contributed by atoms with Gasteiger partial charge in [-0.25, -0.2) is 9.78 Å². The Hall–Kier alpha value is -1.50. The second-order valence-corrected chi connectivity index (χ2v) is 13.2. The molecule has 39 heavy (non-hydrogen) atoms. The van der Waals surface area contributed by atoms with E-state index < -0.39 is 51.2 Å². The van der Waals surface area contributed by atoms with E-state index in [0.717, 1.165) is 11.3 Å². The number of nitrogens with one attached hydrogen (secondary N) is 1. The molecule has 0 atom stereocenters. The van der Waals surface area contributed by atoms with Gasteiger partial charge in [0.05, 0.1) is 32.8 Å². The molecule has 0 spiro atoms. The van der Waals surface area contributed by atoms with E-state index in [1.807, 2.05) is 0 Å². The fraction of sp³-hybridized carbons (Fsp3) is 0.682. The average molecular weight is 632 g/mol. The van der Waals surface area contributed by atoms with Crippen LogP contribution in [-0.4, -0.2) is 72.2 Å². The normalized spacial score (nSPS) is 12.5. The number of thiazole rings is 1. The molecule has 0 saturated carbocycles. The summed E-state index contributed by atoms with van der Waals surface area (Å²) in [4.78, 5) is 46.9. The summed E-state index contributed by atoms with van der Waals surface area (Å²) < 4.78 is 34.8. The Labute approximate surface area is 240 Å². The van der Waals surface area contributed by atoms with E-state index in [1.54, 1.807) is 48.5 Å². The van der Waals surface area contributed by atoms with Gasteiger partial charge in [-0.3, -0.25) is 9.59 Å². The van der Waals surface area contributed by atoms with Crippen LogP contribution in [0.4, 0.5) is 9.93 Å². The van der Waals surface area contributed by atoms with E-state index in [9.17, 15) is 14.4 Å². The number of rotatable bonds is 17.